The summed E-state index contributed by atoms with van der Waals surface area (Å²) in [5.74, 6) is 0.872. The van der Waals surface area contributed by atoms with Crippen LogP contribution in [0.3, 0.4) is 0 Å². The van der Waals surface area contributed by atoms with Crippen LogP contribution < -0.4 is 19.7 Å². The van der Waals surface area contributed by atoms with Gasteiger partial charge >= 0.3 is 6.09 Å². The van der Waals surface area contributed by atoms with E-state index in [0.717, 1.165) is 16.6 Å². The Labute approximate surface area is 213 Å². The van der Waals surface area contributed by atoms with E-state index in [1.165, 1.54) is 0 Å². The number of aliphatic hydroxyl groups is 1. The Morgan fingerprint density at radius 3 is 2.78 bits per heavy atom. The molecule has 2 aliphatic heterocycles. The van der Waals surface area contributed by atoms with Crippen molar-refractivity contribution in [3.63, 3.8) is 0 Å². The van der Waals surface area contributed by atoms with Crippen molar-refractivity contribution < 1.29 is 28.9 Å². The SMILES string of the molecule is COc1ccc2nccc(CC[C@]3(O)CC[C@@]4(CC3)CN(c3ccc5c(c3)NC(=O)CO5)C(=O)O4)c2n1. The highest BCUT2D eigenvalue weighted by Crippen LogP contribution is 2.44. The highest BCUT2D eigenvalue weighted by Gasteiger charge is 2.50. The number of aromatic nitrogens is 2. The van der Waals surface area contributed by atoms with Gasteiger partial charge in [0.05, 0.1) is 36.0 Å². The fourth-order valence-electron chi connectivity index (χ4n) is 5.49. The molecule has 6 rings (SSSR count). The van der Waals surface area contributed by atoms with Crippen molar-refractivity contribution in [2.24, 2.45) is 0 Å². The van der Waals surface area contributed by atoms with Gasteiger partial charge in [-0.15, -0.1) is 0 Å². The van der Waals surface area contributed by atoms with Crippen LogP contribution in [0.2, 0.25) is 0 Å². The van der Waals surface area contributed by atoms with Crippen molar-refractivity contribution in [3.8, 4) is 11.6 Å². The Kier molecular flexibility index (Phi) is 5.63. The van der Waals surface area contributed by atoms with Crippen molar-refractivity contribution in [1.82, 2.24) is 9.97 Å². The number of methoxy groups -OCH3 is 1. The molecule has 1 spiro atoms. The second kappa shape index (κ2) is 8.88. The van der Waals surface area contributed by atoms with Crippen LogP contribution in [0.25, 0.3) is 11.0 Å². The summed E-state index contributed by atoms with van der Waals surface area (Å²) < 4.78 is 16.6. The van der Waals surface area contributed by atoms with Crippen LogP contribution in [0.5, 0.6) is 11.6 Å². The lowest BCUT2D eigenvalue weighted by atomic mass is 9.73. The fraction of sp³-hybridized carbons (Fsp3) is 0.407. The number of hydrogen-bond donors (Lipinski definition) is 2. The summed E-state index contributed by atoms with van der Waals surface area (Å²) in [6, 6.07) is 10.9. The van der Waals surface area contributed by atoms with Gasteiger partial charge in [-0.1, -0.05) is 0 Å². The third-order valence-corrected chi connectivity index (χ3v) is 7.68. The van der Waals surface area contributed by atoms with Gasteiger partial charge < -0.3 is 24.6 Å². The number of pyridine rings is 2. The Bertz CT molecular complexity index is 1380. The van der Waals surface area contributed by atoms with Crippen molar-refractivity contribution >= 4 is 34.4 Å². The van der Waals surface area contributed by atoms with E-state index in [9.17, 15) is 14.7 Å². The number of amides is 2. The van der Waals surface area contributed by atoms with Crippen LogP contribution >= 0.6 is 0 Å². The number of nitrogens with zero attached hydrogens (tertiary/aromatic N) is 3. The van der Waals surface area contributed by atoms with E-state index in [1.807, 2.05) is 12.1 Å². The van der Waals surface area contributed by atoms with E-state index in [1.54, 1.807) is 42.5 Å². The predicted octanol–water partition coefficient (Wildman–Crippen LogP) is 3.60. The predicted molar refractivity (Wildman–Crippen MR) is 135 cm³/mol. The summed E-state index contributed by atoms with van der Waals surface area (Å²) in [7, 11) is 1.58. The quantitative estimate of drug-likeness (QED) is 0.540. The average Bonchev–Trinajstić information content (AvgIpc) is 3.24. The minimum atomic E-state index is -0.854. The van der Waals surface area contributed by atoms with E-state index in [4.69, 9.17) is 14.2 Å². The molecule has 1 saturated carbocycles. The van der Waals surface area contributed by atoms with Crippen molar-refractivity contribution in [2.45, 2.75) is 49.7 Å². The zero-order chi connectivity index (χ0) is 25.6. The van der Waals surface area contributed by atoms with Gasteiger partial charge in [-0.05, 0) is 74.4 Å². The second-order valence-electron chi connectivity index (χ2n) is 10.1. The number of aryl methyl sites for hydroxylation is 1. The maximum absolute atomic E-state index is 12.8. The molecule has 4 heterocycles. The molecule has 192 valence electrons. The van der Waals surface area contributed by atoms with E-state index in [2.05, 4.69) is 15.3 Å². The highest BCUT2D eigenvalue weighted by atomic mass is 16.6. The van der Waals surface area contributed by atoms with E-state index < -0.39 is 17.3 Å². The topological polar surface area (TPSA) is 123 Å². The van der Waals surface area contributed by atoms with Crippen LogP contribution in [0, 0.1) is 0 Å². The zero-order valence-electron chi connectivity index (χ0n) is 20.5. The minimum Gasteiger partial charge on any atom is -0.482 e. The first kappa shape index (κ1) is 23.5. The fourth-order valence-corrected chi connectivity index (χ4v) is 5.49. The van der Waals surface area contributed by atoms with Crippen molar-refractivity contribution in [2.75, 3.05) is 30.5 Å². The summed E-state index contributed by atoms with van der Waals surface area (Å²) in [6.45, 7) is 0.375. The monoisotopic (exact) mass is 504 g/mol. The average molecular weight is 505 g/mol. The summed E-state index contributed by atoms with van der Waals surface area (Å²) >= 11 is 0. The molecule has 2 aromatic heterocycles. The molecular formula is C27H28N4O6. The normalized spacial score (nSPS) is 25.0. The summed E-state index contributed by atoms with van der Waals surface area (Å²) in [4.78, 5) is 35.0. The number of carbonyl (C=O) groups is 2. The maximum atomic E-state index is 12.8. The summed E-state index contributed by atoms with van der Waals surface area (Å²) in [6.07, 6.45) is 4.76. The lowest BCUT2D eigenvalue weighted by molar-refractivity contribution is -0.118. The number of fused-ring (bicyclic) bond motifs is 2. The number of nitrogens with one attached hydrogen (secondary N) is 1. The number of rotatable bonds is 5. The standard InChI is InChI=1S/C27H28N4O6/c1-35-23-5-3-19-24(30-23)17(7-13-28-19)6-8-26(34)9-11-27(12-10-26)16-31(25(33)37-27)18-2-4-21-20(14-18)29-22(32)15-36-21/h2-5,7,13-14,34H,6,8-12,15-16H2,1H3,(H,29,32)/t26-,27+. The third kappa shape index (κ3) is 4.42. The first-order chi connectivity index (χ1) is 17.9. The summed E-state index contributed by atoms with van der Waals surface area (Å²) in [5, 5.41) is 14.2. The van der Waals surface area contributed by atoms with E-state index in [-0.39, 0.29) is 12.5 Å². The molecule has 3 aliphatic rings. The van der Waals surface area contributed by atoms with Crippen LogP contribution in [-0.4, -0.2) is 58.5 Å². The number of benzene rings is 1. The van der Waals surface area contributed by atoms with Gasteiger partial charge in [0.1, 0.15) is 11.4 Å². The Balaban J connectivity index is 1.12. The molecule has 10 heteroatoms. The molecule has 2 fully saturated rings. The minimum absolute atomic E-state index is 0.0216. The number of anilines is 2. The first-order valence-corrected chi connectivity index (χ1v) is 12.4. The maximum Gasteiger partial charge on any atom is 0.415 e. The van der Waals surface area contributed by atoms with E-state index >= 15 is 0 Å². The molecule has 0 unspecified atom stereocenters. The molecule has 37 heavy (non-hydrogen) atoms. The Hall–Kier alpha value is -3.92. The molecule has 10 nitrogen and oxygen atoms in total. The molecule has 1 aliphatic carbocycles. The van der Waals surface area contributed by atoms with Gasteiger partial charge in [-0.25, -0.2) is 9.78 Å². The van der Waals surface area contributed by atoms with Gasteiger partial charge in [-0.3, -0.25) is 14.7 Å². The molecule has 2 N–H and O–H groups in total. The largest absolute Gasteiger partial charge is 0.482 e. The number of carbonyl (C=O) groups excluding carboxylic acids is 2. The molecule has 3 aromatic rings. The lowest BCUT2D eigenvalue weighted by Crippen LogP contribution is -2.45. The molecule has 0 radical (unpaired) electrons. The van der Waals surface area contributed by atoms with Crippen molar-refractivity contribution in [1.29, 1.82) is 0 Å². The molecule has 2 amide bonds. The summed E-state index contributed by atoms with van der Waals surface area (Å²) in [5.41, 5.74) is 2.27. The van der Waals surface area contributed by atoms with Gasteiger partial charge in [0.2, 0.25) is 5.88 Å². The van der Waals surface area contributed by atoms with Gasteiger partial charge in [-0.2, -0.15) is 0 Å². The second-order valence-corrected chi connectivity index (χ2v) is 10.1. The van der Waals surface area contributed by atoms with Gasteiger partial charge in [0, 0.05) is 18.0 Å². The first-order valence-electron chi connectivity index (χ1n) is 12.4. The Morgan fingerprint density at radius 1 is 1.14 bits per heavy atom. The lowest BCUT2D eigenvalue weighted by Gasteiger charge is -2.40. The van der Waals surface area contributed by atoms with E-state index in [0.29, 0.717) is 68.1 Å². The molecule has 0 atom stereocenters. The highest BCUT2D eigenvalue weighted by molar-refractivity contribution is 5.97. The van der Waals surface area contributed by atoms with Crippen LogP contribution in [0.15, 0.2) is 42.6 Å². The molecular weight excluding hydrogens is 476 g/mol. The van der Waals surface area contributed by atoms with Crippen LogP contribution in [-0.2, 0) is 16.0 Å². The number of ether oxygens (including phenoxy) is 3. The molecule has 1 aromatic carbocycles. The Morgan fingerprint density at radius 2 is 1.97 bits per heavy atom. The van der Waals surface area contributed by atoms with Gasteiger partial charge in [0.25, 0.3) is 5.91 Å². The third-order valence-electron chi connectivity index (χ3n) is 7.68. The van der Waals surface area contributed by atoms with Crippen molar-refractivity contribution in [3.05, 3.63) is 48.2 Å². The zero-order valence-corrected chi connectivity index (χ0v) is 20.5. The van der Waals surface area contributed by atoms with Crippen LogP contribution in [0.4, 0.5) is 16.2 Å². The van der Waals surface area contributed by atoms with Crippen LogP contribution in [0.1, 0.15) is 37.7 Å². The van der Waals surface area contributed by atoms with Gasteiger partial charge in [0.15, 0.2) is 6.61 Å². The molecule has 1 saturated heterocycles. The number of hydrogen-bond acceptors (Lipinski definition) is 8. The smallest absolute Gasteiger partial charge is 0.415 e. The molecule has 0 bridgehead atoms.